The van der Waals surface area contributed by atoms with Gasteiger partial charge in [-0.3, -0.25) is 9.59 Å². The summed E-state index contributed by atoms with van der Waals surface area (Å²) in [7, 11) is 0. The summed E-state index contributed by atoms with van der Waals surface area (Å²) in [5.41, 5.74) is 1.72. The topological polar surface area (TPSA) is 52.6 Å². The van der Waals surface area contributed by atoms with Gasteiger partial charge < -0.3 is 9.47 Å². The van der Waals surface area contributed by atoms with Crippen molar-refractivity contribution in [1.82, 2.24) is 0 Å². The summed E-state index contributed by atoms with van der Waals surface area (Å²) >= 11 is 0. The fourth-order valence-electron chi connectivity index (χ4n) is 2.05. The number of hydrogen-bond acceptors (Lipinski definition) is 4. The molecule has 4 heteroatoms. The normalized spacial score (nSPS) is 11.5. The minimum atomic E-state index is -0.472. The molecule has 114 valence electrons. The van der Waals surface area contributed by atoms with Gasteiger partial charge in [0.25, 0.3) is 0 Å². The lowest BCUT2D eigenvalue weighted by atomic mass is 10.0. The van der Waals surface area contributed by atoms with Crippen molar-refractivity contribution < 1.29 is 19.1 Å². The molecule has 2 rings (SSSR count). The van der Waals surface area contributed by atoms with Crippen molar-refractivity contribution in [3.05, 3.63) is 65.7 Å². The smallest absolute Gasteiger partial charge is 0.308 e. The number of carbonyl (C=O) groups is 2. The highest BCUT2D eigenvalue weighted by molar-refractivity contribution is 5.70. The number of ether oxygens (including phenoxy) is 2. The summed E-state index contributed by atoms with van der Waals surface area (Å²) < 4.78 is 10.6. The summed E-state index contributed by atoms with van der Waals surface area (Å²) in [5.74, 6) is -0.174. The van der Waals surface area contributed by atoms with Crippen molar-refractivity contribution >= 4 is 11.9 Å². The summed E-state index contributed by atoms with van der Waals surface area (Å²) in [6.45, 7) is 3.11. The molecule has 0 aliphatic carbocycles. The van der Waals surface area contributed by atoms with E-state index in [0.29, 0.717) is 12.2 Å². The van der Waals surface area contributed by atoms with E-state index < -0.39 is 6.10 Å². The van der Waals surface area contributed by atoms with Gasteiger partial charge in [-0.05, 0) is 23.3 Å². The SMILES string of the molecule is CCC(=O)OC(c1ccccc1)c1ccc(OC(C)=O)cc1. The van der Waals surface area contributed by atoms with Gasteiger partial charge in [0.1, 0.15) is 5.75 Å². The van der Waals surface area contributed by atoms with Crippen molar-refractivity contribution in [3.63, 3.8) is 0 Å². The molecule has 22 heavy (non-hydrogen) atoms. The van der Waals surface area contributed by atoms with Crippen molar-refractivity contribution in [3.8, 4) is 5.75 Å². The van der Waals surface area contributed by atoms with Crippen molar-refractivity contribution in [2.45, 2.75) is 26.4 Å². The van der Waals surface area contributed by atoms with Crippen LogP contribution in [0, 0.1) is 0 Å². The van der Waals surface area contributed by atoms with Crippen LogP contribution in [-0.4, -0.2) is 11.9 Å². The molecule has 1 atom stereocenters. The van der Waals surface area contributed by atoms with Gasteiger partial charge in [-0.2, -0.15) is 0 Å². The lowest BCUT2D eigenvalue weighted by Gasteiger charge is -2.19. The maximum absolute atomic E-state index is 11.7. The van der Waals surface area contributed by atoms with Gasteiger partial charge in [0.15, 0.2) is 6.10 Å². The van der Waals surface area contributed by atoms with Crippen molar-refractivity contribution in [2.75, 3.05) is 0 Å². The van der Waals surface area contributed by atoms with E-state index in [1.54, 1.807) is 31.2 Å². The standard InChI is InChI=1S/C18H18O4/c1-3-17(20)22-18(14-7-5-4-6-8-14)15-9-11-16(12-10-15)21-13(2)19/h4-12,18H,3H2,1-2H3. The highest BCUT2D eigenvalue weighted by Crippen LogP contribution is 2.28. The van der Waals surface area contributed by atoms with Crippen LogP contribution >= 0.6 is 0 Å². The first-order valence-corrected chi connectivity index (χ1v) is 7.13. The molecule has 0 amide bonds. The number of carbonyl (C=O) groups excluding carboxylic acids is 2. The highest BCUT2D eigenvalue weighted by atomic mass is 16.5. The molecule has 4 nitrogen and oxygen atoms in total. The number of hydrogen-bond donors (Lipinski definition) is 0. The van der Waals surface area contributed by atoms with Crippen LogP contribution in [0.25, 0.3) is 0 Å². The van der Waals surface area contributed by atoms with Crippen LogP contribution in [0.1, 0.15) is 37.5 Å². The minimum absolute atomic E-state index is 0.266. The summed E-state index contributed by atoms with van der Waals surface area (Å²) in [6, 6.07) is 16.5. The van der Waals surface area contributed by atoms with E-state index in [-0.39, 0.29) is 11.9 Å². The van der Waals surface area contributed by atoms with Crippen LogP contribution in [0.5, 0.6) is 5.75 Å². The van der Waals surface area contributed by atoms with Crippen molar-refractivity contribution in [1.29, 1.82) is 0 Å². The van der Waals surface area contributed by atoms with Crippen LogP contribution < -0.4 is 4.74 Å². The summed E-state index contributed by atoms with van der Waals surface area (Å²) in [6.07, 6.45) is -0.158. The second kappa shape index (κ2) is 7.41. The van der Waals surface area contributed by atoms with Gasteiger partial charge in [-0.25, -0.2) is 0 Å². The van der Waals surface area contributed by atoms with Gasteiger partial charge in [0.05, 0.1) is 0 Å². The second-order valence-corrected chi connectivity index (χ2v) is 4.80. The Morgan fingerprint density at radius 3 is 2.09 bits per heavy atom. The van der Waals surface area contributed by atoms with Crippen LogP contribution in [-0.2, 0) is 14.3 Å². The Balaban J connectivity index is 2.28. The molecular formula is C18H18O4. The van der Waals surface area contributed by atoms with Crippen molar-refractivity contribution in [2.24, 2.45) is 0 Å². The minimum Gasteiger partial charge on any atom is -0.453 e. The van der Waals surface area contributed by atoms with Crippen LogP contribution in [0.4, 0.5) is 0 Å². The molecule has 2 aromatic carbocycles. The van der Waals surface area contributed by atoms with E-state index in [2.05, 4.69) is 0 Å². The zero-order chi connectivity index (χ0) is 15.9. The van der Waals surface area contributed by atoms with E-state index in [0.717, 1.165) is 11.1 Å². The molecule has 0 aliphatic heterocycles. The summed E-state index contributed by atoms with van der Waals surface area (Å²) in [4.78, 5) is 22.6. The lowest BCUT2D eigenvalue weighted by Crippen LogP contribution is -2.12. The maximum Gasteiger partial charge on any atom is 0.308 e. The molecule has 0 saturated carbocycles. The van der Waals surface area contributed by atoms with Crippen LogP contribution in [0.2, 0.25) is 0 Å². The van der Waals surface area contributed by atoms with Gasteiger partial charge in [-0.1, -0.05) is 49.4 Å². The molecule has 0 bridgehead atoms. The number of benzene rings is 2. The summed E-state index contributed by atoms with van der Waals surface area (Å²) in [5, 5.41) is 0. The average Bonchev–Trinajstić information content (AvgIpc) is 2.53. The Labute approximate surface area is 129 Å². The third kappa shape index (κ3) is 4.19. The number of rotatable bonds is 5. The molecule has 0 aromatic heterocycles. The first-order chi connectivity index (χ1) is 10.6. The fraction of sp³-hybridized carbons (Fsp3) is 0.222. The van der Waals surface area contributed by atoms with E-state index >= 15 is 0 Å². The molecule has 0 spiro atoms. The monoisotopic (exact) mass is 298 g/mol. The van der Waals surface area contributed by atoms with Gasteiger partial charge in [-0.15, -0.1) is 0 Å². The largest absolute Gasteiger partial charge is 0.453 e. The van der Waals surface area contributed by atoms with E-state index in [1.807, 2.05) is 30.3 Å². The Morgan fingerprint density at radius 2 is 1.55 bits per heavy atom. The molecule has 0 fully saturated rings. The van der Waals surface area contributed by atoms with Gasteiger partial charge >= 0.3 is 11.9 Å². The Hall–Kier alpha value is -2.62. The Bertz CT molecular complexity index is 632. The molecule has 0 aliphatic rings. The molecule has 0 saturated heterocycles. The van der Waals surface area contributed by atoms with Gasteiger partial charge in [0, 0.05) is 13.3 Å². The fourth-order valence-corrected chi connectivity index (χ4v) is 2.05. The first kappa shape index (κ1) is 15.8. The molecule has 0 N–H and O–H groups in total. The highest BCUT2D eigenvalue weighted by Gasteiger charge is 2.18. The maximum atomic E-state index is 11.7. The third-order valence-corrected chi connectivity index (χ3v) is 3.08. The van der Waals surface area contributed by atoms with E-state index in [1.165, 1.54) is 6.92 Å². The quantitative estimate of drug-likeness (QED) is 0.624. The predicted octanol–water partition coefficient (Wildman–Crippen LogP) is 3.65. The number of esters is 2. The molecule has 1 unspecified atom stereocenters. The van der Waals surface area contributed by atoms with Gasteiger partial charge in [0.2, 0.25) is 0 Å². The average molecular weight is 298 g/mol. The van der Waals surface area contributed by atoms with Crippen LogP contribution in [0.15, 0.2) is 54.6 Å². The molecule has 0 heterocycles. The zero-order valence-electron chi connectivity index (χ0n) is 12.6. The zero-order valence-corrected chi connectivity index (χ0v) is 12.6. The predicted molar refractivity (Wildman–Crippen MR) is 82.4 cm³/mol. The molecule has 2 aromatic rings. The third-order valence-electron chi connectivity index (χ3n) is 3.08. The van der Waals surface area contributed by atoms with E-state index in [9.17, 15) is 9.59 Å². The van der Waals surface area contributed by atoms with Crippen LogP contribution in [0.3, 0.4) is 0 Å². The Kier molecular flexibility index (Phi) is 5.31. The van der Waals surface area contributed by atoms with E-state index in [4.69, 9.17) is 9.47 Å². The Morgan fingerprint density at radius 1 is 0.955 bits per heavy atom. The lowest BCUT2D eigenvalue weighted by molar-refractivity contribution is -0.147. The molecular weight excluding hydrogens is 280 g/mol. The first-order valence-electron chi connectivity index (χ1n) is 7.13. The second-order valence-electron chi connectivity index (χ2n) is 4.80. The molecule has 0 radical (unpaired) electrons.